The smallest absolute Gasteiger partial charge is 0.322 e. The molecule has 2 atom stereocenters. The third-order valence-corrected chi connectivity index (χ3v) is 9.50. The van der Waals surface area contributed by atoms with E-state index in [1.807, 2.05) is 46.2 Å². The second-order valence-corrected chi connectivity index (χ2v) is 12.7. The largest absolute Gasteiger partial charge is 0.336 e. The minimum absolute atomic E-state index is 0.0700. The molecule has 0 spiro atoms. The third kappa shape index (κ3) is 5.95. The number of benzene rings is 2. The fourth-order valence-electron chi connectivity index (χ4n) is 6.11. The molecule has 6 nitrogen and oxygen atoms in total. The first kappa shape index (κ1) is 27.2. The van der Waals surface area contributed by atoms with Crippen molar-refractivity contribution in [2.45, 2.75) is 26.7 Å². The first-order chi connectivity index (χ1) is 18.2. The predicted octanol–water partition coefficient (Wildman–Crippen LogP) is 6.39. The lowest BCUT2D eigenvalue weighted by molar-refractivity contribution is -0.00970. The average Bonchev–Trinajstić information content (AvgIpc) is 2.92. The summed E-state index contributed by atoms with van der Waals surface area (Å²) in [7, 11) is 0. The summed E-state index contributed by atoms with van der Waals surface area (Å²) in [6.45, 7) is 9.76. The molecule has 8 heteroatoms. The summed E-state index contributed by atoms with van der Waals surface area (Å²) >= 11 is 9.49. The van der Waals surface area contributed by atoms with Gasteiger partial charge in [-0.25, -0.2) is 4.79 Å². The van der Waals surface area contributed by atoms with E-state index in [9.17, 15) is 9.59 Å². The molecule has 2 fully saturated rings. The van der Waals surface area contributed by atoms with Gasteiger partial charge in [-0.15, -0.1) is 0 Å². The Kier molecular flexibility index (Phi) is 8.17. The van der Waals surface area contributed by atoms with Crippen molar-refractivity contribution in [2.75, 3.05) is 51.1 Å². The van der Waals surface area contributed by atoms with Gasteiger partial charge in [-0.05, 0) is 72.6 Å². The first-order valence-electron chi connectivity index (χ1n) is 13.5. The van der Waals surface area contributed by atoms with Crippen LogP contribution in [-0.2, 0) is 0 Å². The van der Waals surface area contributed by atoms with Gasteiger partial charge in [0.05, 0.1) is 0 Å². The summed E-state index contributed by atoms with van der Waals surface area (Å²) in [5, 5.41) is 3.71. The summed E-state index contributed by atoms with van der Waals surface area (Å²) in [4.78, 5) is 32.6. The Morgan fingerprint density at radius 2 is 1.84 bits per heavy atom. The number of nitrogens with zero attached hydrogens (tertiary/aromatic N) is 3. The van der Waals surface area contributed by atoms with Crippen LogP contribution in [0.4, 0.5) is 10.5 Å². The van der Waals surface area contributed by atoms with Crippen LogP contribution >= 0.6 is 27.5 Å². The minimum atomic E-state index is -0.0871. The molecule has 3 aliphatic carbocycles. The Hall–Kier alpha value is -2.35. The summed E-state index contributed by atoms with van der Waals surface area (Å²) < 4.78 is 0.910. The molecule has 6 rings (SSSR count). The molecule has 2 aromatic carbocycles. The molecule has 202 valence electrons. The second kappa shape index (κ2) is 11.4. The number of fused-ring (bicyclic) bond motifs is 1. The molecule has 1 N–H and O–H groups in total. The number of carbonyl (C=O) groups excluding carboxylic acids is 2. The summed E-state index contributed by atoms with van der Waals surface area (Å²) in [5.41, 5.74) is 3.17. The Bertz CT molecular complexity index is 1210. The fourth-order valence-corrected chi connectivity index (χ4v) is 6.63. The second-order valence-electron chi connectivity index (χ2n) is 11.3. The van der Waals surface area contributed by atoms with Crippen molar-refractivity contribution < 1.29 is 9.59 Å². The SMILES string of the molecule is CC1(C)C2CC=C(CN(CCN3CCN(C(=O)c4cccc(Br)c4)CC3)C(=O)Nc3ccc(Cl)cc3)C1C2. The number of hydrogen-bond acceptors (Lipinski definition) is 3. The number of nitrogens with one attached hydrogen (secondary N) is 1. The van der Waals surface area contributed by atoms with Crippen LogP contribution in [0.1, 0.15) is 37.0 Å². The maximum atomic E-state index is 13.4. The molecule has 0 radical (unpaired) electrons. The number of halogens is 2. The maximum Gasteiger partial charge on any atom is 0.322 e. The highest BCUT2D eigenvalue weighted by Gasteiger charge is 2.51. The van der Waals surface area contributed by atoms with Gasteiger partial charge in [-0.1, -0.05) is 59.1 Å². The number of rotatable bonds is 7. The zero-order valence-electron chi connectivity index (χ0n) is 22.1. The van der Waals surface area contributed by atoms with E-state index >= 15 is 0 Å². The summed E-state index contributed by atoms with van der Waals surface area (Å²) in [6.07, 6.45) is 4.72. The molecule has 4 aliphatic rings. The lowest BCUT2D eigenvalue weighted by Crippen LogP contribution is -2.52. The number of hydrogen-bond donors (Lipinski definition) is 1. The predicted molar refractivity (Wildman–Crippen MR) is 157 cm³/mol. The van der Waals surface area contributed by atoms with E-state index in [0.717, 1.165) is 42.1 Å². The van der Waals surface area contributed by atoms with E-state index < -0.39 is 0 Å². The molecule has 3 amide bonds. The zero-order chi connectivity index (χ0) is 26.9. The Labute approximate surface area is 239 Å². The third-order valence-electron chi connectivity index (χ3n) is 8.76. The molecular formula is C30H36BrClN4O2. The highest BCUT2D eigenvalue weighted by Crippen LogP contribution is 2.59. The van der Waals surface area contributed by atoms with Crippen LogP contribution in [0.3, 0.4) is 0 Å². The van der Waals surface area contributed by atoms with Crippen LogP contribution in [0, 0.1) is 17.3 Å². The van der Waals surface area contributed by atoms with Crippen molar-refractivity contribution in [3.8, 4) is 0 Å². The van der Waals surface area contributed by atoms with E-state index in [1.165, 1.54) is 12.0 Å². The molecule has 2 unspecified atom stereocenters. The molecule has 1 saturated heterocycles. The van der Waals surface area contributed by atoms with Gasteiger partial charge in [0, 0.05) is 66.6 Å². The fraction of sp³-hybridized carbons (Fsp3) is 0.467. The summed E-state index contributed by atoms with van der Waals surface area (Å²) in [6, 6.07) is 14.7. The van der Waals surface area contributed by atoms with E-state index in [2.05, 4.69) is 46.1 Å². The van der Waals surface area contributed by atoms with Gasteiger partial charge in [0.2, 0.25) is 0 Å². The van der Waals surface area contributed by atoms with Crippen LogP contribution in [-0.4, -0.2) is 72.5 Å². The highest BCUT2D eigenvalue weighted by molar-refractivity contribution is 9.10. The van der Waals surface area contributed by atoms with Gasteiger partial charge < -0.3 is 15.1 Å². The Balaban J connectivity index is 1.20. The van der Waals surface area contributed by atoms with Crippen LogP contribution in [0.25, 0.3) is 0 Å². The normalized spacial score (nSPS) is 22.3. The maximum absolute atomic E-state index is 13.4. The van der Waals surface area contributed by atoms with E-state index in [0.29, 0.717) is 48.1 Å². The molecule has 2 bridgehead atoms. The number of urea groups is 1. The van der Waals surface area contributed by atoms with Crippen molar-refractivity contribution in [2.24, 2.45) is 17.3 Å². The van der Waals surface area contributed by atoms with Gasteiger partial charge in [-0.3, -0.25) is 9.69 Å². The molecule has 1 heterocycles. The number of anilines is 1. The van der Waals surface area contributed by atoms with E-state index in [1.54, 1.807) is 12.1 Å². The zero-order valence-corrected chi connectivity index (χ0v) is 24.5. The molecule has 38 heavy (non-hydrogen) atoms. The standard InChI is InChI=1S/C30H36BrClN4O2/c1-30(2)23-7-6-22(27(30)19-23)20-36(29(38)33-26-10-8-25(32)9-11-26)17-14-34-12-15-35(16-13-34)28(37)21-4-3-5-24(31)18-21/h3-6,8-11,18,23,27H,7,12-17,19-20H2,1-2H3,(H,33,38). The van der Waals surface area contributed by atoms with Crippen LogP contribution in [0.15, 0.2) is 64.7 Å². The first-order valence-corrected chi connectivity index (χ1v) is 14.7. The number of piperazine rings is 1. The lowest BCUT2D eigenvalue weighted by Gasteiger charge is -2.57. The van der Waals surface area contributed by atoms with Crippen molar-refractivity contribution in [3.05, 3.63) is 75.2 Å². The van der Waals surface area contributed by atoms with Gasteiger partial charge in [0.25, 0.3) is 5.91 Å². The van der Waals surface area contributed by atoms with Crippen LogP contribution in [0.2, 0.25) is 5.02 Å². The van der Waals surface area contributed by atoms with Crippen molar-refractivity contribution >= 4 is 45.2 Å². The quantitative estimate of drug-likeness (QED) is 0.376. The van der Waals surface area contributed by atoms with E-state index in [-0.39, 0.29) is 11.9 Å². The van der Waals surface area contributed by atoms with Crippen LogP contribution in [0.5, 0.6) is 0 Å². The number of carbonyl (C=O) groups is 2. The van der Waals surface area contributed by atoms with Gasteiger partial charge >= 0.3 is 6.03 Å². The van der Waals surface area contributed by atoms with Crippen molar-refractivity contribution in [3.63, 3.8) is 0 Å². The van der Waals surface area contributed by atoms with Gasteiger partial charge in [-0.2, -0.15) is 0 Å². The summed E-state index contributed by atoms with van der Waals surface area (Å²) in [5.74, 6) is 1.39. The van der Waals surface area contributed by atoms with Gasteiger partial charge in [0.15, 0.2) is 0 Å². The van der Waals surface area contributed by atoms with Crippen molar-refractivity contribution in [1.82, 2.24) is 14.7 Å². The van der Waals surface area contributed by atoms with Crippen LogP contribution < -0.4 is 5.32 Å². The average molecular weight is 600 g/mol. The molecule has 0 aromatic heterocycles. The minimum Gasteiger partial charge on any atom is -0.336 e. The lowest BCUT2D eigenvalue weighted by atomic mass is 9.49. The molecule has 1 aliphatic heterocycles. The van der Waals surface area contributed by atoms with E-state index in [4.69, 9.17) is 11.6 Å². The molecular weight excluding hydrogens is 564 g/mol. The van der Waals surface area contributed by atoms with Gasteiger partial charge in [0.1, 0.15) is 0 Å². The Morgan fingerprint density at radius 3 is 2.50 bits per heavy atom. The molecule has 1 saturated carbocycles. The monoisotopic (exact) mass is 598 g/mol. The number of allylic oxidation sites excluding steroid dienone is 1. The Morgan fingerprint density at radius 1 is 1.11 bits per heavy atom. The topological polar surface area (TPSA) is 55.9 Å². The highest BCUT2D eigenvalue weighted by atomic mass is 79.9. The molecule has 2 aromatic rings. The van der Waals surface area contributed by atoms with Crippen molar-refractivity contribution in [1.29, 1.82) is 0 Å². The number of amides is 3.